The third kappa shape index (κ3) is 5.48. The lowest BCUT2D eigenvalue weighted by molar-refractivity contribution is 0.0593. The Kier molecular flexibility index (Phi) is 7.85. The summed E-state index contributed by atoms with van der Waals surface area (Å²) < 4.78 is 43.7. The van der Waals surface area contributed by atoms with Gasteiger partial charge in [0.25, 0.3) is 12.3 Å². The standard InChI is InChI=1S/C23H23F2N3O6S/c1-11-10-15(18(35-11)23(31)33-5)34-21-16(17(19(24)25)27-28(21)3)20(29)26-12(2)13-6-8-14(9-7-13)22(30)32-4/h6-10,12,19H,1-5H3,(H,26,29). The van der Waals surface area contributed by atoms with Gasteiger partial charge in [0.05, 0.1) is 25.8 Å². The first-order valence-electron chi connectivity index (χ1n) is 10.3. The highest BCUT2D eigenvalue weighted by Crippen LogP contribution is 2.37. The minimum atomic E-state index is -3.06. The first-order chi connectivity index (χ1) is 16.6. The summed E-state index contributed by atoms with van der Waals surface area (Å²) in [6.45, 7) is 3.39. The number of ether oxygens (including phenoxy) is 3. The van der Waals surface area contributed by atoms with Crippen molar-refractivity contribution in [2.45, 2.75) is 26.3 Å². The van der Waals surface area contributed by atoms with E-state index in [4.69, 9.17) is 9.47 Å². The van der Waals surface area contributed by atoms with Crippen LogP contribution in [0.5, 0.6) is 11.6 Å². The first-order valence-corrected chi connectivity index (χ1v) is 11.1. The Morgan fingerprint density at radius 3 is 2.29 bits per heavy atom. The van der Waals surface area contributed by atoms with Crippen LogP contribution < -0.4 is 10.1 Å². The van der Waals surface area contributed by atoms with Crippen LogP contribution in [-0.4, -0.2) is 41.8 Å². The van der Waals surface area contributed by atoms with Crippen LogP contribution in [0.3, 0.4) is 0 Å². The summed E-state index contributed by atoms with van der Waals surface area (Å²) in [5, 5.41) is 6.42. The van der Waals surface area contributed by atoms with Gasteiger partial charge in [0.1, 0.15) is 11.3 Å². The second kappa shape index (κ2) is 10.6. The van der Waals surface area contributed by atoms with Crippen molar-refractivity contribution in [3.63, 3.8) is 0 Å². The zero-order valence-corrected chi connectivity index (χ0v) is 20.4. The van der Waals surface area contributed by atoms with Gasteiger partial charge in [-0.05, 0) is 37.6 Å². The molecule has 3 aromatic rings. The van der Waals surface area contributed by atoms with E-state index in [2.05, 4.69) is 15.2 Å². The fourth-order valence-electron chi connectivity index (χ4n) is 3.30. The van der Waals surface area contributed by atoms with Gasteiger partial charge in [0, 0.05) is 11.9 Å². The number of carbonyl (C=O) groups excluding carboxylic acids is 3. The van der Waals surface area contributed by atoms with Crippen LogP contribution in [0.25, 0.3) is 0 Å². The Morgan fingerprint density at radius 2 is 1.71 bits per heavy atom. The van der Waals surface area contributed by atoms with Crippen LogP contribution in [0.15, 0.2) is 30.3 Å². The number of alkyl halides is 2. The van der Waals surface area contributed by atoms with Crippen LogP contribution in [0, 0.1) is 6.92 Å². The highest BCUT2D eigenvalue weighted by atomic mass is 32.1. The van der Waals surface area contributed by atoms with E-state index in [1.807, 2.05) is 0 Å². The largest absolute Gasteiger partial charge is 0.465 e. The summed E-state index contributed by atoms with van der Waals surface area (Å²) in [6.07, 6.45) is -3.06. The van der Waals surface area contributed by atoms with E-state index in [0.29, 0.717) is 16.0 Å². The maximum absolute atomic E-state index is 13.8. The van der Waals surface area contributed by atoms with Gasteiger partial charge in [-0.3, -0.25) is 4.79 Å². The van der Waals surface area contributed by atoms with Crippen molar-refractivity contribution in [2.75, 3.05) is 14.2 Å². The summed E-state index contributed by atoms with van der Waals surface area (Å²) in [5.74, 6) is -2.22. The minimum absolute atomic E-state index is 0.0589. The fourth-order valence-corrected chi connectivity index (χ4v) is 4.15. The Hall–Kier alpha value is -3.80. The molecule has 12 heteroatoms. The molecule has 0 saturated carbocycles. The zero-order valence-electron chi connectivity index (χ0n) is 19.5. The Balaban J connectivity index is 1.93. The van der Waals surface area contributed by atoms with Gasteiger partial charge in [0.2, 0.25) is 5.88 Å². The number of methoxy groups -OCH3 is 2. The number of carbonyl (C=O) groups is 3. The van der Waals surface area contributed by atoms with Crippen LogP contribution in [0.4, 0.5) is 8.78 Å². The first kappa shape index (κ1) is 25.8. The molecule has 186 valence electrons. The van der Waals surface area contributed by atoms with Crippen molar-refractivity contribution in [2.24, 2.45) is 7.05 Å². The van der Waals surface area contributed by atoms with Crippen molar-refractivity contribution in [3.8, 4) is 11.6 Å². The third-order valence-electron chi connectivity index (χ3n) is 5.03. The lowest BCUT2D eigenvalue weighted by atomic mass is 10.1. The lowest BCUT2D eigenvalue weighted by Gasteiger charge is -2.16. The van der Waals surface area contributed by atoms with Crippen LogP contribution in [-0.2, 0) is 16.5 Å². The molecular formula is C23H23F2N3O6S. The number of hydrogen-bond acceptors (Lipinski definition) is 8. The van der Waals surface area contributed by atoms with Crippen molar-refractivity contribution in [3.05, 3.63) is 62.5 Å². The molecule has 1 unspecified atom stereocenters. The molecule has 0 aliphatic heterocycles. The maximum atomic E-state index is 13.8. The second-order valence-corrected chi connectivity index (χ2v) is 8.70. The second-order valence-electron chi connectivity index (χ2n) is 7.44. The minimum Gasteiger partial charge on any atom is -0.465 e. The average molecular weight is 508 g/mol. The number of nitrogens with zero attached hydrogens (tertiary/aromatic N) is 2. The van der Waals surface area contributed by atoms with E-state index in [1.165, 1.54) is 33.4 Å². The van der Waals surface area contributed by atoms with Gasteiger partial charge < -0.3 is 19.5 Å². The number of aryl methyl sites for hydroxylation is 2. The quantitative estimate of drug-likeness (QED) is 0.445. The molecule has 0 aliphatic rings. The van der Waals surface area contributed by atoms with Crippen molar-refractivity contribution in [1.29, 1.82) is 0 Å². The molecule has 0 aliphatic carbocycles. The molecule has 35 heavy (non-hydrogen) atoms. The summed E-state index contributed by atoms with van der Waals surface area (Å²) in [4.78, 5) is 37.7. The summed E-state index contributed by atoms with van der Waals surface area (Å²) in [7, 11) is 3.82. The number of amides is 1. The molecule has 3 rings (SSSR count). The van der Waals surface area contributed by atoms with E-state index >= 15 is 0 Å². The Morgan fingerprint density at radius 1 is 1.09 bits per heavy atom. The topological polar surface area (TPSA) is 109 Å². The lowest BCUT2D eigenvalue weighted by Crippen LogP contribution is -2.27. The average Bonchev–Trinajstić information content (AvgIpc) is 3.37. The number of aromatic nitrogens is 2. The fraction of sp³-hybridized carbons (Fsp3) is 0.304. The molecule has 0 fully saturated rings. The molecular weight excluding hydrogens is 484 g/mol. The van der Waals surface area contributed by atoms with Gasteiger partial charge in [-0.1, -0.05) is 12.1 Å². The molecule has 0 radical (unpaired) electrons. The third-order valence-corrected chi connectivity index (χ3v) is 6.05. The molecule has 1 N–H and O–H groups in total. The highest BCUT2D eigenvalue weighted by molar-refractivity contribution is 7.14. The normalized spacial score (nSPS) is 11.8. The van der Waals surface area contributed by atoms with Crippen molar-refractivity contribution < 1.29 is 37.4 Å². The molecule has 1 amide bonds. The predicted molar refractivity (Wildman–Crippen MR) is 122 cm³/mol. The highest BCUT2D eigenvalue weighted by Gasteiger charge is 2.31. The molecule has 0 bridgehead atoms. The van der Waals surface area contributed by atoms with Crippen LogP contribution in [0.2, 0.25) is 0 Å². The number of hydrogen-bond donors (Lipinski definition) is 1. The van der Waals surface area contributed by atoms with Crippen LogP contribution >= 0.6 is 11.3 Å². The zero-order chi connectivity index (χ0) is 25.9. The van der Waals surface area contributed by atoms with Crippen molar-refractivity contribution >= 4 is 29.2 Å². The number of benzene rings is 1. The number of rotatable bonds is 8. The van der Waals surface area contributed by atoms with Gasteiger partial charge >= 0.3 is 11.9 Å². The monoisotopic (exact) mass is 507 g/mol. The number of esters is 2. The SMILES string of the molecule is COC(=O)c1ccc(C(C)NC(=O)c2c(C(F)F)nn(C)c2Oc2cc(C)sc2C(=O)OC)cc1. The number of halogens is 2. The van der Waals surface area contributed by atoms with Gasteiger partial charge in [-0.2, -0.15) is 5.10 Å². The van der Waals surface area contributed by atoms with Gasteiger partial charge in [-0.15, -0.1) is 11.3 Å². The Bertz CT molecular complexity index is 1250. The number of thiophene rings is 1. The van der Waals surface area contributed by atoms with Gasteiger partial charge in [-0.25, -0.2) is 23.1 Å². The molecule has 2 heterocycles. The summed E-state index contributed by atoms with van der Waals surface area (Å²) in [6, 6.07) is 7.21. The van der Waals surface area contributed by atoms with Crippen LogP contribution in [0.1, 0.15) is 65.9 Å². The summed E-state index contributed by atoms with van der Waals surface area (Å²) in [5.41, 5.74) is -0.275. The van der Waals surface area contributed by atoms with E-state index in [9.17, 15) is 23.2 Å². The van der Waals surface area contributed by atoms with E-state index in [-0.39, 0.29) is 16.5 Å². The smallest absolute Gasteiger partial charge is 0.351 e. The maximum Gasteiger partial charge on any atom is 0.351 e. The van der Waals surface area contributed by atoms with E-state index in [1.54, 1.807) is 32.0 Å². The number of nitrogens with one attached hydrogen (secondary N) is 1. The van der Waals surface area contributed by atoms with E-state index < -0.39 is 41.6 Å². The van der Waals surface area contributed by atoms with E-state index in [0.717, 1.165) is 16.0 Å². The summed E-state index contributed by atoms with van der Waals surface area (Å²) >= 11 is 1.10. The van der Waals surface area contributed by atoms with Crippen molar-refractivity contribution in [1.82, 2.24) is 15.1 Å². The molecule has 0 saturated heterocycles. The molecule has 1 atom stereocenters. The molecule has 1 aromatic carbocycles. The molecule has 0 spiro atoms. The molecule has 9 nitrogen and oxygen atoms in total. The molecule has 2 aromatic heterocycles. The Labute approximate surface area is 203 Å². The predicted octanol–water partition coefficient (Wildman–Crippen LogP) is 4.58. The van der Waals surface area contributed by atoms with Gasteiger partial charge in [0.15, 0.2) is 10.6 Å².